The number of amides is 2. The molecule has 0 unspecified atom stereocenters. The minimum Gasteiger partial charge on any atom is -0.484 e. The molecule has 3 rings (SSSR count). The summed E-state index contributed by atoms with van der Waals surface area (Å²) in [6, 6.07) is 11.3. The Balaban J connectivity index is 1.62. The SMILES string of the molecule is CCC(=O)Nc1cccc(OCC(=O)N2CCn3cccc3[C@@H]2CC)c1. The molecule has 0 radical (unpaired) electrons. The van der Waals surface area contributed by atoms with Crippen LogP contribution in [0.2, 0.25) is 0 Å². The number of nitrogens with zero attached hydrogens (tertiary/aromatic N) is 2. The first-order chi connectivity index (χ1) is 12.6. The maximum absolute atomic E-state index is 12.7. The number of carbonyl (C=O) groups excluding carboxylic acids is 2. The molecule has 0 spiro atoms. The first-order valence-corrected chi connectivity index (χ1v) is 9.09. The molecule has 6 heteroatoms. The number of aromatic nitrogens is 1. The largest absolute Gasteiger partial charge is 0.484 e. The van der Waals surface area contributed by atoms with E-state index in [0.717, 1.165) is 13.0 Å². The van der Waals surface area contributed by atoms with Crippen LogP contribution < -0.4 is 10.1 Å². The van der Waals surface area contributed by atoms with E-state index in [1.165, 1.54) is 5.69 Å². The van der Waals surface area contributed by atoms with Gasteiger partial charge < -0.3 is 19.5 Å². The Labute approximate surface area is 153 Å². The lowest BCUT2D eigenvalue weighted by Crippen LogP contribution is -2.43. The lowest BCUT2D eigenvalue weighted by atomic mass is 10.1. The smallest absolute Gasteiger partial charge is 0.261 e. The summed E-state index contributed by atoms with van der Waals surface area (Å²) in [6.07, 6.45) is 3.35. The van der Waals surface area contributed by atoms with Crippen LogP contribution in [0.15, 0.2) is 42.6 Å². The van der Waals surface area contributed by atoms with Gasteiger partial charge in [0.2, 0.25) is 5.91 Å². The number of hydrogen-bond donors (Lipinski definition) is 1. The predicted molar refractivity (Wildman–Crippen MR) is 100 cm³/mol. The number of benzene rings is 1. The van der Waals surface area contributed by atoms with Crippen LogP contribution in [-0.2, 0) is 16.1 Å². The van der Waals surface area contributed by atoms with Crippen molar-refractivity contribution < 1.29 is 14.3 Å². The van der Waals surface area contributed by atoms with Crippen LogP contribution in [0.5, 0.6) is 5.75 Å². The summed E-state index contributed by atoms with van der Waals surface area (Å²) >= 11 is 0. The maximum atomic E-state index is 12.7. The molecule has 1 aliphatic heterocycles. The Morgan fingerprint density at radius 2 is 2.04 bits per heavy atom. The highest BCUT2D eigenvalue weighted by atomic mass is 16.5. The average Bonchev–Trinajstić information content (AvgIpc) is 3.14. The van der Waals surface area contributed by atoms with Gasteiger partial charge in [-0.2, -0.15) is 0 Å². The van der Waals surface area contributed by atoms with Crippen LogP contribution in [0, 0.1) is 0 Å². The topological polar surface area (TPSA) is 63.6 Å². The Hall–Kier alpha value is -2.76. The van der Waals surface area contributed by atoms with E-state index in [1.807, 2.05) is 11.0 Å². The number of anilines is 1. The van der Waals surface area contributed by atoms with E-state index in [4.69, 9.17) is 4.74 Å². The molecule has 1 aromatic carbocycles. The zero-order valence-electron chi connectivity index (χ0n) is 15.3. The fourth-order valence-electron chi connectivity index (χ4n) is 3.33. The first-order valence-electron chi connectivity index (χ1n) is 9.09. The number of hydrogen-bond acceptors (Lipinski definition) is 3. The summed E-state index contributed by atoms with van der Waals surface area (Å²) < 4.78 is 7.90. The van der Waals surface area contributed by atoms with Crippen LogP contribution in [0.3, 0.4) is 0 Å². The van der Waals surface area contributed by atoms with Gasteiger partial charge in [-0.05, 0) is 30.7 Å². The van der Waals surface area contributed by atoms with Crippen LogP contribution in [0.25, 0.3) is 0 Å². The molecule has 1 aromatic heterocycles. The van der Waals surface area contributed by atoms with Crippen molar-refractivity contribution in [3.63, 3.8) is 0 Å². The van der Waals surface area contributed by atoms with Crippen molar-refractivity contribution in [2.75, 3.05) is 18.5 Å². The third kappa shape index (κ3) is 3.90. The molecule has 2 aromatic rings. The lowest BCUT2D eigenvalue weighted by Gasteiger charge is -2.36. The second-order valence-electron chi connectivity index (χ2n) is 6.36. The van der Waals surface area contributed by atoms with Gasteiger partial charge in [0.1, 0.15) is 5.75 Å². The van der Waals surface area contributed by atoms with Gasteiger partial charge >= 0.3 is 0 Å². The molecular formula is C20H25N3O3. The van der Waals surface area contributed by atoms with E-state index >= 15 is 0 Å². The number of carbonyl (C=O) groups is 2. The van der Waals surface area contributed by atoms with Gasteiger partial charge in [0, 0.05) is 43.2 Å². The Morgan fingerprint density at radius 1 is 1.19 bits per heavy atom. The molecule has 0 saturated heterocycles. The molecule has 2 heterocycles. The molecule has 0 saturated carbocycles. The normalized spacial score (nSPS) is 16.1. The van der Waals surface area contributed by atoms with Crippen LogP contribution in [0.1, 0.15) is 38.4 Å². The van der Waals surface area contributed by atoms with Gasteiger partial charge in [0.25, 0.3) is 5.91 Å². The van der Waals surface area contributed by atoms with Gasteiger partial charge in [0.05, 0.1) is 6.04 Å². The van der Waals surface area contributed by atoms with Gasteiger partial charge in [-0.3, -0.25) is 9.59 Å². The van der Waals surface area contributed by atoms with Crippen molar-refractivity contribution in [1.82, 2.24) is 9.47 Å². The minimum atomic E-state index is -0.0552. The highest BCUT2D eigenvalue weighted by Crippen LogP contribution is 2.28. The summed E-state index contributed by atoms with van der Waals surface area (Å²) in [5.74, 6) is 0.494. The molecule has 1 atom stereocenters. The van der Waals surface area contributed by atoms with Crippen molar-refractivity contribution in [1.29, 1.82) is 0 Å². The highest BCUT2D eigenvalue weighted by molar-refractivity contribution is 5.90. The van der Waals surface area contributed by atoms with E-state index in [0.29, 0.717) is 24.4 Å². The van der Waals surface area contributed by atoms with Crippen molar-refractivity contribution >= 4 is 17.5 Å². The van der Waals surface area contributed by atoms with Crippen LogP contribution in [-0.4, -0.2) is 34.4 Å². The molecule has 0 bridgehead atoms. The number of fused-ring (bicyclic) bond motifs is 1. The van der Waals surface area contributed by atoms with Crippen molar-refractivity contribution in [3.8, 4) is 5.75 Å². The molecule has 26 heavy (non-hydrogen) atoms. The second-order valence-corrected chi connectivity index (χ2v) is 6.36. The molecule has 0 aliphatic carbocycles. The number of nitrogens with one attached hydrogen (secondary N) is 1. The zero-order valence-corrected chi connectivity index (χ0v) is 15.3. The van der Waals surface area contributed by atoms with Gasteiger partial charge in [0.15, 0.2) is 6.61 Å². The van der Waals surface area contributed by atoms with Crippen molar-refractivity contribution in [3.05, 3.63) is 48.3 Å². The third-order valence-electron chi connectivity index (χ3n) is 4.67. The summed E-state index contributed by atoms with van der Waals surface area (Å²) in [7, 11) is 0. The van der Waals surface area contributed by atoms with E-state index in [9.17, 15) is 9.59 Å². The quantitative estimate of drug-likeness (QED) is 0.865. The van der Waals surface area contributed by atoms with Crippen LogP contribution >= 0.6 is 0 Å². The van der Waals surface area contributed by atoms with Crippen molar-refractivity contribution in [2.24, 2.45) is 0 Å². The molecular weight excluding hydrogens is 330 g/mol. The number of ether oxygens (including phenoxy) is 1. The average molecular weight is 355 g/mol. The standard InChI is InChI=1S/C20H25N3O3/c1-3-17-18-9-6-10-22(18)11-12-23(17)20(25)14-26-16-8-5-7-15(13-16)21-19(24)4-2/h5-10,13,17H,3-4,11-12,14H2,1-2H3,(H,21,24)/t17-/m0/s1. The van der Waals surface area contributed by atoms with Gasteiger partial charge in [-0.1, -0.05) is 19.9 Å². The summed E-state index contributed by atoms with van der Waals surface area (Å²) in [5, 5.41) is 2.79. The number of rotatable bonds is 6. The summed E-state index contributed by atoms with van der Waals surface area (Å²) in [4.78, 5) is 26.1. The van der Waals surface area contributed by atoms with E-state index in [-0.39, 0.29) is 24.5 Å². The molecule has 0 fully saturated rings. The summed E-state index contributed by atoms with van der Waals surface area (Å²) in [5.41, 5.74) is 1.85. The second kappa shape index (κ2) is 8.08. The molecule has 2 amide bonds. The fraction of sp³-hybridized carbons (Fsp3) is 0.400. The minimum absolute atomic E-state index is 0.0115. The molecule has 1 aliphatic rings. The Morgan fingerprint density at radius 3 is 2.81 bits per heavy atom. The van der Waals surface area contributed by atoms with Gasteiger partial charge in [-0.25, -0.2) is 0 Å². The molecule has 6 nitrogen and oxygen atoms in total. The third-order valence-corrected chi connectivity index (χ3v) is 4.67. The van der Waals surface area contributed by atoms with Crippen LogP contribution in [0.4, 0.5) is 5.69 Å². The van der Waals surface area contributed by atoms with E-state index in [1.54, 1.807) is 31.2 Å². The van der Waals surface area contributed by atoms with Gasteiger partial charge in [-0.15, -0.1) is 0 Å². The predicted octanol–water partition coefficient (Wildman–Crippen LogP) is 3.21. The Bertz CT molecular complexity index is 784. The van der Waals surface area contributed by atoms with E-state index < -0.39 is 0 Å². The zero-order chi connectivity index (χ0) is 18.5. The molecule has 1 N–H and O–H groups in total. The highest BCUT2D eigenvalue weighted by Gasteiger charge is 2.29. The molecule has 138 valence electrons. The first kappa shape index (κ1) is 18.0. The Kier molecular flexibility index (Phi) is 5.61. The van der Waals surface area contributed by atoms with Crippen molar-refractivity contribution in [2.45, 2.75) is 39.3 Å². The fourth-order valence-corrected chi connectivity index (χ4v) is 3.33. The summed E-state index contributed by atoms with van der Waals surface area (Å²) in [6.45, 7) is 5.38. The van der Waals surface area contributed by atoms with E-state index in [2.05, 4.69) is 29.1 Å². The lowest BCUT2D eigenvalue weighted by molar-refractivity contribution is -0.137. The maximum Gasteiger partial charge on any atom is 0.261 e. The monoisotopic (exact) mass is 355 g/mol.